The van der Waals surface area contributed by atoms with Gasteiger partial charge < -0.3 is 39.0 Å². The van der Waals surface area contributed by atoms with Crippen molar-refractivity contribution in [3.05, 3.63) is 41.3 Å². The molecule has 40 heavy (non-hydrogen) atoms. The van der Waals surface area contributed by atoms with Crippen LogP contribution in [0.4, 0.5) is 10.6 Å². The molecule has 4 rings (SSSR count). The molecule has 3 aromatic rings. The smallest absolute Gasteiger partial charge is 0.408 e. The van der Waals surface area contributed by atoms with Gasteiger partial charge >= 0.3 is 6.09 Å². The number of anilines is 1. The van der Waals surface area contributed by atoms with Crippen LogP contribution < -0.4 is 15.0 Å². The molecule has 1 unspecified atom stereocenters. The van der Waals surface area contributed by atoms with Crippen LogP contribution in [0.15, 0.2) is 28.8 Å². The van der Waals surface area contributed by atoms with E-state index in [4.69, 9.17) is 24.0 Å². The number of ether oxygens (including phenoxy) is 3. The second-order valence-electron chi connectivity index (χ2n) is 9.56. The number of nitrogens with one attached hydrogen (secondary N) is 1. The SMILES string of the molecule is CNCC(O)COc1cccc(-c2nc(-c3c(C)noc3C)c(C)c(N3CCOCC3)n2)c1.COC(=O)N(C)C. The van der Waals surface area contributed by atoms with Gasteiger partial charge in [0.15, 0.2) is 5.82 Å². The molecule has 12 heteroatoms. The second-order valence-corrected chi connectivity index (χ2v) is 9.56. The van der Waals surface area contributed by atoms with Crippen molar-refractivity contribution in [1.82, 2.24) is 25.3 Å². The van der Waals surface area contributed by atoms with Gasteiger partial charge in [-0.25, -0.2) is 14.8 Å². The Hall–Kier alpha value is -3.74. The van der Waals surface area contributed by atoms with Crippen molar-refractivity contribution in [3.63, 3.8) is 0 Å². The number of aliphatic hydroxyl groups excluding tert-OH is 1. The van der Waals surface area contributed by atoms with Gasteiger partial charge in [0.05, 0.1) is 37.3 Å². The van der Waals surface area contributed by atoms with Crippen LogP contribution in [0.1, 0.15) is 17.0 Å². The lowest BCUT2D eigenvalue weighted by molar-refractivity contribution is 0.108. The fourth-order valence-corrected chi connectivity index (χ4v) is 4.18. The van der Waals surface area contributed by atoms with Crippen molar-refractivity contribution in [2.45, 2.75) is 26.9 Å². The van der Waals surface area contributed by atoms with Gasteiger partial charge in [0.2, 0.25) is 0 Å². The van der Waals surface area contributed by atoms with E-state index in [0.717, 1.165) is 52.7 Å². The summed E-state index contributed by atoms with van der Waals surface area (Å²) in [5, 5.41) is 17.0. The number of aryl methyl sites for hydroxylation is 2. The van der Waals surface area contributed by atoms with Crippen LogP contribution in [-0.2, 0) is 9.47 Å². The molecule has 1 amide bonds. The van der Waals surface area contributed by atoms with Crippen LogP contribution in [0.2, 0.25) is 0 Å². The molecule has 2 aromatic heterocycles. The number of benzene rings is 1. The Balaban J connectivity index is 0.000000559. The molecule has 0 aliphatic carbocycles. The number of amides is 1. The van der Waals surface area contributed by atoms with Crippen LogP contribution in [0, 0.1) is 20.8 Å². The molecule has 1 saturated heterocycles. The molecule has 1 fully saturated rings. The van der Waals surface area contributed by atoms with Gasteiger partial charge in [0.1, 0.15) is 30.0 Å². The molecule has 0 spiro atoms. The summed E-state index contributed by atoms with van der Waals surface area (Å²) >= 11 is 0. The molecular weight excluding hydrogens is 516 g/mol. The van der Waals surface area contributed by atoms with E-state index in [9.17, 15) is 9.90 Å². The Morgan fingerprint density at radius 2 is 1.93 bits per heavy atom. The van der Waals surface area contributed by atoms with Crippen LogP contribution in [-0.4, -0.2) is 105 Å². The van der Waals surface area contributed by atoms with Crippen LogP contribution in [0.5, 0.6) is 5.75 Å². The van der Waals surface area contributed by atoms with Gasteiger partial charge in [-0.3, -0.25) is 0 Å². The summed E-state index contributed by atoms with van der Waals surface area (Å²) in [5.74, 6) is 2.86. The van der Waals surface area contributed by atoms with Crippen molar-refractivity contribution in [1.29, 1.82) is 0 Å². The lowest BCUT2D eigenvalue weighted by Crippen LogP contribution is -2.37. The Labute approximate surface area is 235 Å². The quantitative estimate of drug-likeness (QED) is 0.424. The largest absolute Gasteiger partial charge is 0.491 e. The molecule has 1 aliphatic rings. The van der Waals surface area contributed by atoms with E-state index in [1.165, 1.54) is 12.0 Å². The van der Waals surface area contributed by atoms with Crippen molar-refractivity contribution < 1.29 is 28.6 Å². The summed E-state index contributed by atoms with van der Waals surface area (Å²) < 4.78 is 21.1. The molecule has 218 valence electrons. The predicted octanol–water partition coefficient (Wildman–Crippen LogP) is 2.83. The number of likely N-dealkylation sites (N-methyl/N-ethyl adjacent to an activating group) is 1. The summed E-state index contributed by atoms with van der Waals surface area (Å²) in [5.41, 5.74) is 4.32. The average molecular weight is 557 g/mol. The zero-order chi connectivity index (χ0) is 29.2. The van der Waals surface area contributed by atoms with E-state index in [1.54, 1.807) is 21.1 Å². The number of hydrogen-bond acceptors (Lipinski definition) is 11. The lowest BCUT2D eigenvalue weighted by Gasteiger charge is -2.30. The fourth-order valence-electron chi connectivity index (χ4n) is 4.18. The maximum Gasteiger partial charge on any atom is 0.408 e. The second kappa shape index (κ2) is 14.6. The summed E-state index contributed by atoms with van der Waals surface area (Å²) in [4.78, 5) is 23.7. The highest BCUT2D eigenvalue weighted by Gasteiger charge is 2.24. The van der Waals surface area contributed by atoms with Crippen molar-refractivity contribution in [2.75, 3.05) is 72.6 Å². The first-order valence-electron chi connectivity index (χ1n) is 13.1. The van der Waals surface area contributed by atoms with E-state index in [1.807, 2.05) is 45.0 Å². The summed E-state index contributed by atoms with van der Waals surface area (Å²) in [6.07, 6.45) is -0.909. The van der Waals surface area contributed by atoms with E-state index in [2.05, 4.69) is 20.1 Å². The minimum atomic E-state index is -0.589. The van der Waals surface area contributed by atoms with Crippen LogP contribution >= 0.6 is 0 Å². The van der Waals surface area contributed by atoms with Crippen molar-refractivity contribution in [2.24, 2.45) is 0 Å². The highest BCUT2D eigenvalue weighted by molar-refractivity contribution is 5.75. The molecular formula is C28H40N6O6. The molecule has 1 aromatic carbocycles. The summed E-state index contributed by atoms with van der Waals surface area (Å²) in [6.45, 7) is 9.39. The number of morpholine rings is 1. The third kappa shape index (κ3) is 7.90. The van der Waals surface area contributed by atoms with Gasteiger partial charge in [0, 0.05) is 44.9 Å². The summed E-state index contributed by atoms with van der Waals surface area (Å²) in [6, 6.07) is 7.63. The third-order valence-corrected chi connectivity index (χ3v) is 6.22. The standard InChI is InChI=1S/C24H31N5O4.C4H9NO2/c1-15-22(21-16(2)28-33-17(21)3)26-23(27-24(15)29-8-10-31-11-9-29)18-6-5-7-20(12-18)32-14-19(30)13-25-4;1-5(2)4(6)7-3/h5-7,12,19,25,30H,8-11,13-14H2,1-4H3;1-3H3. The molecule has 0 radical (unpaired) electrons. The van der Waals surface area contributed by atoms with Crippen molar-refractivity contribution in [3.8, 4) is 28.4 Å². The third-order valence-electron chi connectivity index (χ3n) is 6.22. The van der Waals surface area contributed by atoms with Gasteiger partial charge in [-0.2, -0.15) is 0 Å². The van der Waals surface area contributed by atoms with E-state index < -0.39 is 6.10 Å². The highest BCUT2D eigenvalue weighted by Crippen LogP contribution is 2.35. The zero-order valence-corrected chi connectivity index (χ0v) is 24.4. The van der Waals surface area contributed by atoms with E-state index >= 15 is 0 Å². The van der Waals surface area contributed by atoms with Crippen LogP contribution in [0.3, 0.4) is 0 Å². The Morgan fingerprint density at radius 1 is 1.20 bits per heavy atom. The minimum Gasteiger partial charge on any atom is -0.491 e. The van der Waals surface area contributed by atoms with E-state index in [-0.39, 0.29) is 12.7 Å². The number of aromatic nitrogens is 3. The van der Waals surface area contributed by atoms with Gasteiger partial charge in [-0.15, -0.1) is 0 Å². The molecule has 1 aliphatic heterocycles. The normalized spacial score (nSPS) is 13.8. The number of aliphatic hydroxyl groups is 1. The number of nitrogens with zero attached hydrogens (tertiary/aromatic N) is 5. The van der Waals surface area contributed by atoms with Gasteiger partial charge in [0.25, 0.3) is 0 Å². The number of rotatable bonds is 8. The van der Waals surface area contributed by atoms with Crippen LogP contribution in [0.25, 0.3) is 22.6 Å². The first kappa shape index (κ1) is 30.8. The average Bonchev–Trinajstić information content (AvgIpc) is 3.30. The Morgan fingerprint density at radius 3 is 2.50 bits per heavy atom. The molecule has 1 atom stereocenters. The Kier molecular flexibility index (Phi) is 11.2. The van der Waals surface area contributed by atoms with E-state index in [0.29, 0.717) is 31.3 Å². The van der Waals surface area contributed by atoms with Crippen molar-refractivity contribution >= 4 is 11.9 Å². The number of hydrogen-bond donors (Lipinski definition) is 2. The van der Waals surface area contributed by atoms with Gasteiger partial charge in [-0.1, -0.05) is 17.3 Å². The molecule has 0 saturated carbocycles. The number of carbonyl (C=O) groups excluding carboxylic acids is 1. The fraction of sp³-hybridized carbons (Fsp3) is 0.500. The minimum absolute atomic E-state index is 0.197. The lowest BCUT2D eigenvalue weighted by atomic mass is 10.0. The number of carbonyl (C=O) groups is 1. The molecule has 0 bridgehead atoms. The first-order chi connectivity index (χ1) is 19.2. The molecule has 12 nitrogen and oxygen atoms in total. The van der Waals surface area contributed by atoms with Gasteiger partial charge in [-0.05, 0) is 40.0 Å². The monoisotopic (exact) mass is 556 g/mol. The maximum atomic E-state index is 10.2. The maximum absolute atomic E-state index is 10.2. The number of methoxy groups -OCH3 is 1. The summed E-state index contributed by atoms with van der Waals surface area (Å²) in [7, 11) is 6.40. The molecule has 2 N–H and O–H groups in total. The Bertz CT molecular complexity index is 1240. The molecule has 3 heterocycles. The first-order valence-corrected chi connectivity index (χ1v) is 13.1. The topological polar surface area (TPSA) is 135 Å². The predicted molar refractivity (Wildman–Crippen MR) is 152 cm³/mol. The zero-order valence-electron chi connectivity index (χ0n) is 24.4. The highest BCUT2D eigenvalue weighted by atomic mass is 16.5.